The molecule has 0 bridgehead atoms. The molecule has 0 aromatic carbocycles. The first-order valence-electron chi connectivity index (χ1n) is 8.21. The molecule has 1 aliphatic carbocycles. The van der Waals surface area contributed by atoms with Crippen molar-refractivity contribution in [1.29, 1.82) is 0 Å². The zero-order valence-electron chi connectivity index (χ0n) is 13.9. The molecule has 136 valence electrons. The highest BCUT2D eigenvalue weighted by molar-refractivity contribution is 7.81. The molecule has 0 aliphatic heterocycles. The van der Waals surface area contributed by atoms with E-state index >= 15 is 0 Å². The number of hydrogen-bond donors (Lipinski definition) is 0. The average molecular weight is 370 g/mol. The van der Waals surface area contributed by atoms with E-state index in [-0.39, 0.29) is 5.89 Å². The average Bonchev–Trinajstić information content (AvgIpc) is 3.11. The highest BCUT2D eigenvalue weighted by atomic mass is 32.2. The van der Waals surface area contributed by atoms with Crippen molar-refractivity contribution in [2.45, 2.75) is 51.1 Å². The third-order valence-corrected chi connectivity index (χ3v) is 5.42. The molecule has 2 aromatic rings. The van der Waals surface area contributed by atoms with Crippen molar-refractivity contribution in [2.24, 2.45) is 0 Å². The normalized spacial score (nSPS) is 17.3. The predicted molar refractivity (Wildman–Crippen MR) is 89.0 cm³/mol. The summed E-state index contributed by atoms with van der Waals surface area (Å²) in [4.78, 5) is 4.33. The van der Waals surface area contributed by atoms with Crippen molar-refractivity contribution in [2.75, 3.05) is 6.26 Å². The fourth-order valence-corrected chi connectivity index (χ4v) is 3.99. The van der Waals surface area contributed by atoms with E-state index in [0.717, 1.165) is 31.4 Å². The molecule has 0 radical (unpaired) electrons. The summed E-state index contributed by atoms with van der Waals surface area (Å²) in [7, 11) is -1.08. The Morgan fingerprint density at radius 1 is 1.28 bits per heavy atom. The van der Waals surface area contributed by atoms with E-state index < -0.39 is 23.3 Å². The Bertz CT molecular complexity index is 717. The van der Waals surface area contributed by atoms with Crippen molar-refractivity contribution in [3.8, 4) is 11.5 Å². The molecule has 1 fully saturated rings. The minimum Gasteiger partial charge on any atom is -0.415 e. The van der Waals surface area contributed by atoms with Crippen LogP contribution < -0.4 is 0 Å². The van der Waals surface area contributed by atoms with Crippen molar-refractivity contribution in [3.05, 3.63) is 29.9 Å². The number of alkyl halides is 2. The van der Waals surface area contributed by atoms with Crippen LogP contribution in [0.4, 0.5) is 8.78 Å². The number of pyridine rings is 1. The van der Waals surface area contributed by atoms with Crippen LogP contribution in [-0.4, -0.2) is 36.0 Å². The maximum Gasteiger partial charge on any atom is 0.314 e. The van der Waals surface area contributed by atoms with E-state index in [4.69, 9.17) is 4.42 Å². The van der Waals surface area contributed by atoms with E-state index in [1.165, 1.54) is 12.6 Å². The summed E-state index contributed by atoms with van der Waals surface area (Å²) in [5.41, 5.74) is 1.24. The fourth-order valence-electron chi connectivity index (χ4n) is 3.04. The van der Waals surface area contributed by atoms with Crippen molar-refractivity contribution in [1.82, 2.24) is 19.5 Å². The summed E-state index contributed by atoms with van der Waals surface area (Å²) in [5, 5.41) is 6.91. The van der Waals surface area contributed by atoms with E-state index in [1.54, 1.807) is 18.4 Å². The van der Waals surface area contributed by atoms with Gasteiger partial charge in [0.25, 0.3) is 5.89 Å². The fraction of sp³-hybridized carbons (Fsp3) is 0.562. The van der Waals surface area contributed by atoms with Gasteiger partial charge in [0.1, 0.15) is 0 Å². The Hall–Kier alpha value is -1.74. The molecular weight excluding hydrogens is 350 g/mol. The lowest BCUT2D eigenvalue weighted by molar-refractivity contribution is 0.116. The second-order valence-electron chi connectivity index (χ2n) is 6.08. The second-order valence-corrected chi connectivity index (χ2v) is 7.39. The molecule has 3 rings (SSSR count). The van der Waals surface area contributed by atoms with Gasteiger partial charge >= 0.3 is 6.43 Å². The number of halogens is 2. The molecule has 1 saturated carbocycles. The van der Waals surface area contributed by atoms with Crippen LogP contribution in [0.25, 0.3) is 11.5 Å². The molecule has 2 heterocycles. The molecule has 0 N–H and O–H groups in total. The van der Waals surface area contributed by atoms with Crippen LogP contribution in [0.5, 0.6) is 0 Å². The summed E-state index contributed by atoms with van der Waals surface area (Å²) < 4.78 is 44.0. The van der Waals surface area contributed by atoms with Crippen molar-refractivity contribution < 1.29 is 17.4 Å². The lowest BCUT2D eigenvalue weighted by atomic mass is 9.95. The van der Waals surface area contributed by atoms with Crippen LogP contribution in [0, 0.1) is 0 Å². The lowest BCUT2D eigenvalue weighted by Crippen LogP contribution is -2.37. The zero-order valence-corrected chi connectivity index (χ0v) is 14.7. The van der Waals surface area contributed by atoms with Gasteiger partial charge in [-0.2, -0.15) is 8.78 Å². The highest BCUT2D eigenvalue weighted by Gasteiger charge is 2.24. The molecule has 0 saturated heterocycles. The topological polar surface area (TPSA) is 72.1 Å². The Kier molecular flexibility index (Phi) is 5.85. The van der Waals surface area contributed by atoms with Crippen LogP contribution in [0.15, 0.2) is 22.7 Å². The first kappa shape index (κ1) is 18.1. The standard InChI is InChI=1S/C16H20F2N4O2S/c1-25(23)22(13-5-3-2-4-6-13)10-12-8-7-11(9-19-12)15-20-21-16(24-15)14(17)18/h7-9,13-14H,2-6,10H2,1H3. The highest BCUT2D eigenvalue weighted by Crippen LogP contribution is 2.26. The molecule has 1 aliphatic rings. The quantitative estimate of drug-likeness (QED) is 0.778. The van der Waals surface area contributed by atoms with E-state index in [9.17, 15) is 13.0 Å². The number of aromatic nitrogens is 3. The molecule has 1 atom stereocenters. The van der Waals surface area contributed by atoms with Gasteiger partial charge in [-0.3, -0.25) is 4.98 Å². The van der Waals surface area contributed by atoms with Gasteiger partial charge in [-0.1, -0.05) is 19.3 Å². The smallest absolute Gasteiger partial charge is 0.314 e. The predicted octanol–water partition coefficient (Wildman–Crippen LogP) is 3.50. The summed E-state index contributed by atoms with van der Waals surface area (Å²) in [6.45, 7) is 0.486. The summed E-state index contributed by atoms with van der Waals surface area (Å²) in [6.07, 6.45) is 6.06. The first-order chi connectivity index (χ1) is 12.0. The lowest BCUT2D eigenvalue weighted by Gasteiger charge is -2.31. The number of rotatable bonds is 6. The summed E-state index contributed by atoms with van der Waals surface area (Å²) >= 11 is 0. The molecule has 9 heteroatoms. The molecule has 25 heavy (non-hydrogen) atoms. The zero-order chi connectivity index (χ0) is 17.8. The largest absolute Gasteiger partial charge is 0.415 e. The number of hydrogen-bond acceptors (Lipinski definition) is 5. The minimum atomic E-state index is -2.79. The molecule has 1 unspecified atom stereocenters. The van der Waals surface area contributed by atoms with Gasteiger partial charge in [-0.05, 0) is 25.0 Å². The summed E-state index contributed by atoms with van der Waals surface area (Å²) in [6, 6.07) is 3.78. The maximum absolute atomic E-state index is 12.5. The van der Waals surface area contributed by atoms with Crippen LogP contribution in [0.2, 0.25) is 0 Å². The molecule has 0 spiro atoms. The van der Waals surface area contributed by atoms with Gasteiger partial charge < -0.3 is 4.42 Å². The first-order valence-corrected chi connectivity index (χ1v) is 9.73. The molecule has 0 amide bonds. The SMILES string of the molecule is CS(=O)N(Cc1ccc(-c2nnc(C(F)F)o2)cn1)C1CCCCC1. The van der Waals surface area contributed by atoms with Crippen LogP contribution in [0.3, 0.4) is 0 Å². The van der Waals surface area contributed by atoms with Crippen LogP contribution in [0.1, 0.15) is 50.1 Å². The van der Waals surface area contributed by atoms with Crippen LogP contribution >= 0.6 is 0 Å². The van der Waals surface area contributed by atoms with E-state index in [1.807, 2.05) is 4.31 Å². The monoisotopic (exact) mass is 370 g/mol. The third kappa shape index (κ3) is 4.46. The van der Waals surface area contributed by atoms with Crippen molar-refractivity contribution >= 4 is 11.0 Å². The van der Waals surface area contributed by atoms with Gasteiger partial charge in [0.2, 0.25) is 5.89 Å². The Balaban J connectivity index is 1.71. The van der Waals surface area contributed by atoms with Gasteiger partial charge in [-0.15, -0.1) is 10.2 Å². The Morgan fingerprint density at radius 2 is 2.04 bits per heavy atom. The van der Waals surface area contributed by atoms with Crippen molar-refractivity contribution in [3.63, 3.8) is 0 Å². The Morgan fingerprint density at radius 3 is 2.60 bits per heavy atom. The molecule has 6 nitrogen and oxygen atoms in total. The molecular formula is C16H20F2N4O2S. The van der Waals surface area contributed by atoms with Gasteiger partial charge in [0.05, 0.1) is 28.8 Å². The van der Waals surface area contributed by atoms with Gasteiger partial charge in [0.15, 0.2) is 0 Å². The van der Waals surface area contributed by atoms with E-state index in [2.05, 4.69) is 15.2 Å². The summed E-state index contributed by atoms with van der Waals surface area (Å²) in [5.74, 6) is -0.693. The second kappa shape index (κ2) is 8.09. The molecule has 2 aromatic heterocycles. The number of nitrogens with zero attached hydrogens (tertiary/aromatic N) is 4. The third-order valence-electron chi connectivity index (χ3n) is 4.33. The van der Waals surface area contributed by atoms with Crippen LogP contribution in [-0.2, 0) is 17.5 Å². The van der Waals surface area contributed by atoms with Gasteiger partial charge in [0, 0.05) is 18.5 Å². The van der Waals surface area contributed by atoms with Gasteiger partial charge in [-0.25, -0.2) is 8.51 Å². The Labute approximate surface area is 147 Å². The van der Waals surface area contributed by atoms with E-state index in [0.29, 0.717) is 18.2 Å². The minimum absolute atomic E-state index is 0.0116. The maximum atomic E-state index is 12.5.